The number of aromatic nitrogens is 1. The zero-order valence-electron chi connectivity index (χ0n) is 7.88. The lowest BCUT2D eigenvalue weighted by Crippen LogP contribution is -1.77. The molecule has 2 heteroatoms. The molecule has 0 spiro atoms. The van der Waals surface area contributed by atoms with Crippen molar-refractivity contribution in [3.63, 3.8) is 0 Å². The van der Waals surface area contributed by atoms with E-state index in [1.54, 1.807) is 12.4 Å². The van der Waals surface area contributed by atoms with Crippen molar-refractivity contribution in [1.29, 1.82) is 0 Å². The molecule has 0 fully saturated rings. The number of rotatable bonds is 1. The molecule has 0 bridgehead atoms. The Hall–Kier alpha value is -1.67. The number of aliphatic hydroxyl groups excluding tert-OH is 1. The molecular weight excluding hydrogens is 174 g/mol. The lowest BCUT2D eigenvalue weighted by Gasteiger charge is -1.89. The number of pyridine rings is 1. The monoisotopic (exact) mass is 187 g/mol. The summed E-state index contributed by atoms with van der Waals surface area (Å²) in [7, 11) is 0. The fourth-order valence-corrected chi connectivity index (χ4v) is 0.896. The van der Waals surface area contributed by atoms with Gasteiger partial charge in [-0.1, -0.05) is 36.4 Å². The van der Waals surface area contributed by atoms with E-state index in [0.29, 0.717) is 0 Å². The molecule has 1 N–H and O–H groups in total. The van der Waals surface area contributed by atoms with Gasteiger partial charge in [-0.25, -0.2) is 0 Å². The number of aliphatic hydroxyl groups is 1. The van der Waals surface area contributed by atoms with Gasteiger partial charge in [-0.2, -0.15) is 0 Å². The molecule has 2 nitrogen and oxygen atoms in total. The van der Waals surface area contributed by atoms with E-state index in [1.807, 2.05) is 48.5 Å². The number of hydrogen-bond acceptors (Lipinski definition) is 2. The van der Waals surface area contributed by atoms with E-state index < -0.39 is 0 Å². The van der Waals surface area contributed by atoms with Crippen molar-refractivity contribution in [1.82, 2.24) is 4.98 Å². The molecule has 0 aliphatic rings. The van der Waals surface area contributed by atoms with Gasteiger partial charge in [0.05, 0.1) is 6.61 Å². The summed E-state index contributed by atoms with van der Waals surface area (Å²) in [6, 6.07) is 15.2. The lowest BCUT2D eigenvalue weighted by atomic mass is 10.2. The maximum Gasteiger partial charge on any atom is 0.0681 e. The number of nitrogens with zero attached hydrogens (tertiary/aromatic N) is 1. The van der Waals surface area contributed by atoms with Gasteiger partial charge in [0.25, 0.3) is 0 Å². The van der Waals surface area contributed by atoms with E-state index in [4.69, 9.17) is 5.11 Å². The van der Waals surface area contributed by atoms with Gasteiger partial charge >= 0.3 is 0 Å². The van der Waals surface area contributed by atoms with Crippen molar-refractivity contribution in [3.05, 3.63) is 66.5 Å². The minimum atomic E-state index is 0.140. The van der Waals surface area contributed by atoms with E-state index in [1.165, 1.54) is 0 Å². The van der Waals surface area contributed by atoms with Gasteiger partial charge in [0.1, 0.15) is 0 Å². The summed E-state index contributed by atoms with van der Waals surface area (Å²) < 4.78 is 0. The van der Waals surface area contributed by atoms with E-state index >= 15 is 0 Å². The Morgan fingerprint density at radius 3 is 1.71 bits per heavy atom. The second kappa shape index (κ2) is 6.80. The second-order valence-electron chi connectivity index (χ2n) is 2.67. The molecule has 0 radical (unpaired) electrons. The molecule has 0 saturated heterocycles. The summed E-state index contributed by atoms with van der Waals surface area (Å²) in [5.74, 6) is 0. The average molecular weight is 187 g/mol. The van der Waals surface area contributed by atoms with Crippen LogP contribution in [0.4, 0.5) is 0 Å². The number of hydrogen-bond donors (Lipinski definition) is 1. The Morgan fingerprint density at radius 2 is 1.43 bits per heavy atom. The molecular formula is C12H13NO. The van der Waals surface area contributed by atoms with Crippen molar-refractivity contribution in [2.75, 3.05) is 0 Å². The summed E-state index contributed by atoms with van der Waals surface area (Å²) in [4.78, 5) is 3.78. The van der Waals surface area contributed by atoms with Crippen LogP contribution in [-0.4, -0.2) is 10.1 Å². The van der Waals surface area contributed by atoms with Crippen LogP contribution in [0, 0.1) is 0 Å². The zero-order chi connectivity index (χ0) is 10.1. The molecule has 1 aromatic heterocycles. The quantitative estimate of drug-likeness (QED) is 0.742. The van der Waals surface area contributed by atoms with Gasteiger partial charge in [0.2, 0.25) is 0 Å². The van der Waals surface area contributed by atoms with Crippen LogP contribution in [0.3, 0.4) is 0 Å². The second-order valence-corrected chi connectivity index (χ2v) is 2.67. The summed E-state index contributed by atoms with van der Waals surface area (Å²) in [5, 5.41) is 8.54. The molecule has 0 amide bonds. The van der Waals surface area contributed by atoms with Crippen molar-refractivity contribution >= 4 is 0 Å². The van der Waals surface area contributed by atoms with Crippen LogP contribution in [0.1, 0.15) is 5.56 Å². The third-order valence-corrected chi connectivity index (χ3v) is 1.59. The fourth-order valence-electron chi connectivity index (χ4n) is 0.896. The summed E-state index contributed by atoms with van der Waals surface area (Å²) >= 11 is 0. The van der Waals surface area contributed by atoms with E-state index in [2.05, 4.69) is 4.98 Å². The molecule has 2 rings (SSSR count). The third kappa shape index (κ3) is 4.38. The first-order chi connectivity index (χ1) is 6.93. The van der Waals surface area contributed by atoms with Gasteiger partial charge in [0.15, 0.2) is 0 Å². The van der Waals surface area contributed by atoms with Crippen LogP contribution in [0.2, 0.25) is 0 Å². The van der Waals surface area contributed by atoms with Crippen LogP contribution in [0.5, 0.6) is 0 Å². The normalized spacial score (nSPS) is 8.64. The molecule has 72 valence electrons. The van der Waals surface area contributed by atoms with E-state index in [0.717, 1.165) is 5.56 Å². The highest BCUT2D eigenvalue weighted by atomic mass is 16.3. The van der Waals surface area contributed by atoms with Crippen LogP contribution in [0.15, 0.2) is 60.9 Å². The summed E-state index contributed by atoms with van der Waals surface area (Å²) in [6.45, 7) is 0.140. The highest BCUT2D eigenvalue weighted by molar-refractivity contribution is 5.12. The smallest absolute Gasteiger partial charge is 0.0681 e. The molecule has 0 aliphatic heterocycles. The Balaban J connectivity index is 0.000000146. The fraction of sp³-hybridized carbons (Fsp3) is 0.0833. The molecule has 1 aromatic carbocycles. The lowest BCUT2D eigenvalue weighted by molar-refractivity contribution is 0.282. The predicted octanol–water partition coefficient (Wildman–Crippen LogP) is 2.26. The first-order valence-electron chi connectivity index (χ1n) is 4.43. The summed E-state index contributed by atoms with van der Waals surface area (Å²) in [5.41, 5.74) is 0.965. The molecule has 0 atom stereocenters. The van der Waals surface area contributed by atoms with Crippen molar-refractivity contribution in [2.45, 2.75) is 6.61 Å². The molecule has 0 unspecified atom stereocenters. The molecule has 0 aliphatic carbocycles. The Morgan fingerprint density at radius 1 is 0.857 bits per heavy atom. The minimum Gasteiger partial charge on any atom is -0.392 e. The van der Waals surface area contributed by atoms with Crippen LogP contribution >= 0.6 is 0 Å². The van der Waals surface area contributed by atoms with Gasteiger partial charge in [0, 0.05) is 12.4 Å². The molecule has 2 aromatic rings. The molecule has 1 heterocycles. The van der Waals surface area contributed by atoms with Gasteiger partial charge in [-0.05, 0) is 17.7 Å². The van der Waals surface area contributed by atoms with Gasteiger partial charge in [-0.3, -0.25) is 4.98 Å². The Kier molecular flexibility index (Phi) is 5.06. The van der Waals surface area contributed by atoms with Crippen molar-refractivity contribution in [2.24, 2.45) is 0 Å². The highest BCUT2D eigenvalue weighted by Crippen LogP contribution is 1.95. The topological polar surface area (TPSA) is 33.1 Å². The molecule has 0 saturated carbocycles. The number of benzene rings is 1. The third-order valence-electron chi connectivity index (χ3n) is 1.59. The Bertz CT molecular complexity index is 294. The zero-order valence-corrected chi connectivity index (χ0v) is 7.88. The van der Waals surface area contributed by atoms with Crippen LogP contribution < -0.4 is 0 Å². The summed E-state index contributed by atoms with van der Waals surface area (Å²) in [6.07, 6.45) is 3.50. The highest BCUT2D eigenvalue weighted by Gasteiger charge is 1.81. The minimum absolute atomic E-state index is 0.140. The largest absolute Gasteiger partial charge is 0.392 e. The maximum atomic E-state index is 8.54. The van der Waals surface area contributed by atoms with Gasteiger partial charge in [-0.15, -0.1) is 0 Å². The first kappa shape index (κ1) is 10.4. The van der Waals surface area contributed by atoms with E-state index in [9.17, 15) is 0 Å². The SMILES string of the molecule is OCc1ccccc1.c1ccncc1. The van der Waals surface area contributed by atoms with Gasteiger partial charge < -0.3 is 5.11 Å². The molecule has 14 heavy (non-hydrogen) atoms. The van der Waals surface area contributed by atoms with Crippen molar-refractivity contribution in [3.8, 4) is 0 Å². The first-order valence-corrected chi connectivity index (χ1v) is 4.43. The van der Waals surface area contributed by atoms with E-state index in [-0.39, 0.29) is 6.61 Å². The predicted molar refractivity (Wildman–Crippen MR) is 56.6 cm³/mol. The standard InChI is InChI=1S/C7H8O.C5H5N/c8-6-7-4-2-1-3-5-7;1-2-4-6-5-3-1/h1-5,8H,6H2;1-5H. The average Bonchev–Trinajstić information content (AvgIpc) is 2.33. The van der Waals surface area contributed by atoms with Crippen molar-refractivity contribution < 1.29 is 5.11 Å². The van der Waals surface area contributed by atoms with Crippen LogP contribution in [-0.2, 0) is 6.61 Å². The van der Waals surface area contributed by atoms with Crippen LogP contribution in [0.25, 0.3) is 0 Å². The maximum absolute atomic E-state index is 8.54. The Labute approximate surface area is 83.9 Å².